The molecule has 2 aromatic heterocycles. The summed E-state index contributed by atoms with van der Waals surface area (Å²) in [6, 6.07) is 2.77. The molecule has 4 heterocycles. The van der Waals surface area contributed by atoms with Crippen LogP contribution in [0.4, 0.5) is 5.69 Å². The Labute approximate surface area is 160 Å². The van der Waals surface area contributed by atoms with Gasteiger partial charge in [0.2, 0.25) is 0 Å². The van der Waals surface area contributed by atoms with E-state index < -0.39 is 0 Å². The number of aromatic nitrogens is 1. The Morgan fingerprint density at radius 3 is 2.78 bits per heavy atom. The fourth-order valence-corrected chi connectivity index (χ4v) is 4.82. The highest BCUT2D eigenvalue weighted by Crippen LogP contribution is 2.32. The summed E-state index contributed by atoms with van der Waals surface area (Å²) in [5, 5.41) is 4.15. The maximum Gasteiger partial charge on any atom is 0.270 e. The standard InChI is InChI=1S/C21H30N4O2/c1-13(2)25(14(3)4)19-12-27-20-9-22-18(8-17(19)20)21(26)23-16-7-15-5-6-24(10-15)11-16/h8-9,12-16H,5-7,10-11H2,1-4H3,(H,23,26)/t15?,16-/m1/s1. The van der Waals surface area contributed by atoms with E-state index in [-0.39, 0.29) is 11.9 Å². The Kier molecular flexibility index (Phi) is 4.84. The molecule has 0 aromatic carbocycles. The molecule has 4 rings (SSSR count). The third-order valence-corrected chi connectivity index (χ3v) is 5.87. The van der Waals surface area contributed by atoms with Crippen LogP contribution >= 0.6 is 0 Å². The lowest BCUT2D eigenvalue weighted by Gasteiger charge is -2.32. The Hall–Kier alpha value is -2.08. The molecule has 2 unspecified atom stereocenters. The number of carbonyl (C=O) groups excluding carboxylic acids is 1. The second-order valence-electron chi connectivity index (χ2n) is 8.60. The summed E-state index contributed by atoms with van der Waals surface area (Å²) in [6.07, 6.45) is 5.78. The summed E-state index contributed by atoms with van der Waals surface area (Å²) < 4.78 is 5.71. The van der Waals surface area contributed by atoms with Crippen molar-refractivity contribution in [2.45, 2.75) is 58.7 Å². The molecule has 3 atom stereocenters. The van der Waals surface area contributed by atoms with E-state index in [9.17, 15) is 4.79 Å². The second kappa shape index (κ2) is 7.15. The molecule has 27 heavy (non-hydrogen) atoms. The number of carbonyl (C=O) groups is 1. The molecule has 1 amide bonds. The zero-order valence-electron chi connectivity index (χ0n) is 16.7. The number of pyridine rings is 1. The van der Waals surface area contributed by atoms with Crippen molar-refractivity contribution in [3.8, 4) is 0 Å². The van der Waals surface area contributed by atoms with Gasteiger partial charge in [0.25, 0.3) is 5.91 Å². The highest BCUT2D eigenvalue weighted by Gasteiger charge is 2.33. The van der Waals surface area contributed by atoms with Crippen LogP contribution < -0.4 is 10.2 Å². The van der Waals surface area contributed by atoms with Crippen LogP contribution in [0.15, 0.2) is 22.9 Å². The Morgan fingerprint density at radius 2 is 2.07 bits per heavy atom. The largest absolute Gasteiger partial charge is 0.460 e. The molecule has 6 nitrogen and oxygen atoms in total. The third kappa shape index (κ3) is 3.55. The molecule has 2 aliphatic rings. The monoisotopic (exact) mass is 370 g/mol. The van der Waals surface area contributed by atoms with Crippen LogP contribution in [-0.4, -0.2) is 53.6 Å². The van der Waals surface area contributed by atoms with Gasteiger partial charge in [0.05, 0.1) is 11.9 Å². The van der Waals surface area contributed by atoms with Gasteiger partial charge in [0.1, 0.15) is 12.0 Å². The van der Waals surface area contributed by atoms with Crippen molar-refractivity contribution in [1.29, 1.82) is 0 Å². The molecular weight excluding hydrogens is 340 g/mol. The predicted molar refractivity (Wildman–Crippen MR) is 107 cm³/mol. The van der Waals surface area contributed by atoms with Crippen LogP contribution in [0.25, 0.3) is 11.0 Å². The van der Waals surface area contributed by atoms with Crippen LogP contribution in [0.5, 0.6) is 0 Å². The van der Waals surface area contributed by atoms with Gasteiger partial charge in [-0.3, -0.25) is 4.79 Å². The summed E-state index contributed by atoms with van der Waals surface area (Å²) in [7, 11) is 0. The minimum atomic E-state index is -0.0859. The average Bonchev–Trinajstić information content (AvgIpc) is 3.17. The maximum atomic E-state index is 12.8. The molecular formula is C21H30N4O2. The van der Waals surface area contributed by atoms with E-state index in [2.05, 4.69) is 47.8 Å². The van der Waals surface area contributed by atoms with Gasteiger partial charge in [-0.2, -0.15) is 0 Å². The summed E-state index contributed by atoms with van der Waals surface area (Å²) in [5.74, 6) is 0.641. The van der Waals surface area contributed by atoms with E-state index in [0.29, 0.717) is 17.8 Å². The molecule has 2 aliphatic heterocycles. The quantitative estimate of drug-likeness (QED) is 0.875. The first-order chi connectivity index (χ1) is 12.9. The molecule has 2 saturated heterocycles. The Balaban J connectivity index is 1.57. The van der Waals surface area contributed by atoms with Gasteiger partial charge < -0.3 is 19.5 Å². The lowest BCUT2D eigenvalue weighted by Crippen LogP contribution is -2.47. The number of anilines is 1. The van der Waals surface area contributed by atoms with Crippen LogP contribution in [0.1, 0.15) is 51.0 Å². The van der Waals surface area contributed by atoms with Gasteiger partial charge >= 0.3 is 0 Å². The molecule has 146 valence electrons. The van der Waals surface area contributed by atoms with Gasteiger partial charge in [-0.25, -0.2) is 4.98 Å². The number of rotatable bonds is 5. The first-order valence-corrected chi connectivity index (χ1v) is 10.1. The van der Waals surface area contributed by atoms with E-state index in [1.807, 2.05) is 6.07 Å². The topological polar surface area (TPSA) is 61.6 Å². The number of furan rings is 1. The number of hydrogen-bond donors (Lipinski definition) is 1. The molecule has 0 aliphatic carbocycles. The van der Waals surface area contributed by atoms with E-state index in [1.165, 1.54) is 19.5 Å². The molecule has 6 heteroatoms. The van der Waals surface area contributed by atoms with Crippen molar-refractivity contribution >= 4 is 22.6 Å². The van der Waals surface area contributed by atoms with Gasteiger partial charge in [0, 0.05) is 36.6 Å². The second-order valence-corrected chi connectivity index (χ2v) is 8.60. The molecule has 0 spiro atoms. The number of nitrogens with zero attached hydrogens (tertiary/aromatic N) is 3. The smallest absolute Gasteiger partial charge is 0.270 e. The highest BCUT2D eigenvalue weighted by molar-refractivity contribution is 5.99. The number of amides is 1. The molecule has 1 N–H and O–H groups in total. The van der Waals surface area contributed by atoms with Gasteiger partial charge in [-0.05, 0) is 59.1 Å². The molecule has 0 radical (unpaired) electrons. The first kappa shape index (κ1) is 18.3. The van der Waals surface area contributed by atoms with Crippen LogP contribution in [-0.2, 0) is 0 Å². The van der Waals surface area contributed by atoms with Gasteiger partial charge in [-0.15, -0.1) is 0 Å². The van der Waals surface area contributed by atoms with E-state index in [1.54, 1.807) is 12.5 Å². The molecule has 0 saturated carbocycles. The van der Waals surface area contributed by atoms with Gasteiger partial charge in [-0.1, -0.05) is 0 Å². The van der Waals surface area contributed by atoms with Crippen molar-refractivity contribution in [2.24, 2.45) is 5.92 Å². The number of fused-ring (bicyclic) bond motifs is 3. The minimum absolute atomic E-state index is 0.0859. The van der Waals surface area contributed by atoms with Crippen molar-refractivity contribution in [1.82, 2.24) is 15.2 Å². The van der Waals surface area contributed by atoms with E-state index >= 15 is 0 Å². The SMILES string of the molecule is CC(C)N(c1coc2cnc(C(=O)N[C@@H]3CC4CCN(C4)C3)cc12)C(C)C. The fourth-order valence-electron chi connectivity index (χ4n) is 4.82. The van der Waals surface area contributed by atoms with Gasteiger partial charge in [0.15, 0.2) is 5.58 Å². The van der Waals surface area contributed by atoms with Crippen molar-refractivity contribution in [3.05, 3.63) is 24.2 Å². The lowest BCUT2D eigenvalue weighted by molar-refractivity contribution is 0.0904. The molecule has 2 bridgehead atoms. The Morgan fingerprint density at radius 1 is 1.30 bits per heavy atom. The number of piperidine rings is 1. The fraction of sp³-hybridized carbons (Fsp3) is 0.619. The minimum Gasteiger partial charge on any atom is -0.460 e. The summed E-state index contributed by atoms with van der Waals surface area (Å²) in [6.45, 7) is 12.0. The number of hydrogen-bond acceptors (Lipinski definition) is 5. The Bertz CT molecular complexity index is 809. The summed E-state index contributed by atoms with van der Waals surface area (Å²) in [4.78, 5) is 21.9. The van der Waals surface area contributed by atoms with Crippen LogP contribution in [0.3, 0.4) is 0 Å². The maximum absolute atomic E-state index is 12.8. The molecule has 2 aromatic rings. The van der Waals surface area contributed by atoms with Crippen molar-refractivity contribution in [2.75, 3.05) is 24.5 Å². The normalized spacial score (nSPS) is 24.7. The molecule has 2 fully saturated rings. The van der Waals surface area contributed by atoms with Crippen LogP contribution in [0, 0.1) is 5.92 Å². The lowest BCUT2D eigenvalue weighted by atomic mass is 9.97. The highest BCUT2D eigenvalue weighted by atomic mass is 16.3. The number of nitrogens with one attached hydrogen (secondary N) is 1. The van der Waals surface area contributed by atoms with E-state index in [4.69, 9.17) is 4.42 Å². The van der Waals surface area contributed by atoms with Crippen molar-refractivity contribution < 1.29 is 9.21 Å². The predicted octanol–water partition coefficient (Wildman–Crippen LogP) is 3.28. The average molecular weight is 370 g/mol. The zero-order chi connectivity index (χ0) is 19.1. The van der Waals surface area contributed by atoms with E-state index in [0.717, 1.165) is 35.5 Å². The summed E-state index contributed by atoms with van der Waals surface area (Å²) in [5.41, 5.74) is 2.20. The zero-order valence-corrected chi connectivity index (χ0v) is 16.7. The first-order valence-electron chi connectivity index (χ1n) is 10.1. The summed E-state index contributed by atoms with van der Waals surface area (Å²) >= 11 is 0. The van der Waals surface area contributed by atoms with Crippen molar-refractivity contribution in [3.63, 3.8) is 0 Å². The van der Waals surface area contributed by atoms with Crippen LogP contribution in [0.2, 0.25) is 0 Å². The third-order valence-electron chi connectivity index (χ3n) is 5.87.